The summed E-state index contributed by atoms with van der Waals surface area (Å²) in [6.45, 7) is 0. The third-order valence-corrected chi connectivity index (χ3v) is 2.65. The van der Waals surface area contributed by atoms with Gasteiger partial charge in [0.25, 0.3) is 5.91 Å². The number of hydrogen-bond acceptors (Lipinski definition) is 4. The van der Waals surface area contributed by atoms with E-state index in [4.69, 9.17) is 5.84 Å². The minimum atomic E-state index is -0.400. The van der Waals surface area contributed by atoms with Crippen LogP contribution in [0, 0.1) is 5.82 Å². The summed E-state index contributed by atoms with van der Waals surface area (Å²) >= 11 is 0. The molecule has 1 heterocycles. The number of carbonyl (C=O) groups is 1. The first-order valence-corrected chi connectivity index (χ1v) is 5.58. The number of aromatic nitrogens is 1. The number of nitrogens with zero attached hydrogens (tertiary/aromatic N) is 2. The Morgan fingerprint density at radius 1 is 1.37 bits per heavy atom. The molecule has 0 unspecified atom stereocenters. The molecule has 0 radical (unpaired) electrons. The van der Waals surface area contributed by atoms with E-state index in [1.165, 1.54) is 29.3 Å². The fraction of sp³-hybridized carbons (Fsp3) is 0.0769. The van der Waals surface area contributed by atoms with Crippen LogP contribution in [0.2, 0.25) is 0 Å². The van der Waals surface area contributed by atoms with Crippen molar-refractivity contribution in [1.29, 1.82) is 0 Å². The van der Waals surface area contributed by atoms with Crippen LogP contribution < -0.4 is 16.2 Å². The molecule has 0 bridgehead atoms. The molecule has 0 atom stereocenters. The predicted molar refractivity (Wildman–Crippen MR) is 71.2 cm³/mol. The molecule has 0 saturated heterocycles. The summed E-state index contributed by atoms with van der Waals surface area (Å²) in [7, 11) is 1.56. The van der Waals surface area contributed by atoms with Crippen molar-refractivity contribution >= 4 is 17.3 Å². The number of carbonyl (C=O) groups excluding carboxylic acids is 1. The van der Waals surface area contributed by atoms with E-state index < -0.39 is 5.82 Å². The van der Waals surface area contributed by atoms with E-state index in [0.717, 1.165) is 0 Å². The number of hydrazine groups is 1. The van der Waals surface area contributed by atoms with Gasteiger partial charge in [-0.25, -0.2) is 4.39 Å². The quantitative estimate of drug-likeness (QED) is 0.652. The lowest BCUT2D eigenvalue weighted by Crippen LogP contribution is -2.27. The monoisotopic (exact) mass is 260 g/mol. The van der Waals surface area contributed by atoms with Crippen molar-refractivity contribution in [2.75, 3.05) is 17.4 Å². The fourth-order valence-electron chi connectivity index (χ4n) is 1.61. The Bertz CT molecular complexity index is 603. The molecule has 0 aliphatic heterocycles. The Hall–Kier alpha value is -2.47. The van der Waals surface area contributed by atoms with Crippen molar-refractivity contribution in [3.63, 3.8) is 0 Å². The highest BCUT2D eigenvalue weighted by Gasteiger charge is 2.15. The Labute approximate surface area is 109 Å². The third kappa shape index (κ3) is 2.86. The molecule has 3 N–H and O–H groups in total. The van der Waals surface area contributed by atoms with Gasteiger partial charge < -0.3 is 10.3 Å². The third-order valence-electron chi connectivity index (χ3n) is 2.65. The van der Waals surface area contributed by atoms with Gasteiger partial charge in [0.05, 0.1) is 5.69 Å². The molecule has 6 heteroatoms. The van der Waals surface area contributed by atoms with Crippen LogP contribution in [0.4, 0.5) is 15.8 Å². The lowest BCUT2D eigenvalue weighted by molar-refractivity contribution is 0.0988. The summed E-state index contributed by atoms with van der Waals surface area (Å²) in [5, 5.41) is 0. The minimum absolute atomic E-state index is 0.224. The number of rotatable bonds is 3. The molecule has 0 aliphatic rings. The van der Waals surface area contributed by atoms with E-state index in [1.54, 1.807) is 25.2 Å². The number of pyridine rings is 1. The Morgan fingerprint density at radius 3 is 2.84 bits per heavy atom. The molecule has 0 aliphatic carbocycles. The number of halogens is 1. The summed E-state index contributed by atoms with van der Waals surface area (Å²) in [5.74, 6) is 4.53. The molecular formula is C13H13FN4O. The molecule has 1 aromatic heterocycles. The van der Waals surface area contributed by atoms with E-state index in [0.29, 0.717) is 11.4 Å². The van der Waals surface area contributed by atoms with Gasteiger partial charge in [-0.2, -0.15) is 0 Å². The summed E-state index contributed by atoms with van der Waals surface area (Å²) in [5.41, 5.74) is 3.69. The maximum absolute atomic E-state index is 13.1. The number of anilines is 2. The maximum atomic E-state index is 13.1. The molecule has 1 aromatic carbocycles. The van der Waals surface area contributed by atoms with E-state index >= 15 is 0 Å². The molecule has 5 nitrogen and oxygen atoms in total. The normalized spacial score (nSPS) is 10.1. The second kappa shape index (κ2) is 5.45. The predicted octanol–water partition coefficient (Wildman–Crippen LogP) is 1.78. The van der Waals surface area contributed by atoms with Crippen LogP contribution in [0.15, 0.2) is 42.6 Å². The average Bonchev–Trinajstić information content (AvgIpc) is 2.45. The highest BCUT2D eigenvalue weighted by molar-refractivity contribution is 6.04. The lowest BCUT2D eigenvalue weighted by atomic mass is 10.2. The highest BCUT2D eigenvalue weighted by atomic mass is 19.1. The van der Waals surface area contributed by atoms with E-state index in [2.05, 4.69) is 10.4 Å². The smallest absolute Gasteiger partial charge is 0.276 e. The van der Waals surface area contributed by atoms with Crippen LogP contribution >= 0.6 is 0 Å². The van der Waals surface area contributed by atoms with Crippen molar-refractivity contribution in [3.05, 3.63) is 54.1 Å². The van der Waals surface area contributed by atoms with Gasteiger partial charge in [-0.05, 0) is 30.3 Å². The minimum Gasteiger partial charge on any atom is -0.324 e. The summed E-state index contributed by atoms with van der Waals surface area (Å²) < 4.78 is 13.1. The van der Waals surface area contributed by atoms with Crippen molar-refractivity contribution in [1.82, 2.24) is 4.98 Å². The van der Waals surface area contributed by atoms with Gasteiger partial charge in [0, 0.05) is 18.9 Å². The highest BCUT2D eigenvalue weighted by Crippen LogP contribution is 2.17. The summed E-state index contributed by atoms with van der Waals surface area (Å²) in [6.07, 6.45) is 1.47. The molecule has 98 valence electrons. The van der Waals surface area contributed by atoms with Gasteiger partial charge in [-0.1, -0.05) is 6.07 Å². The first-order chi connectivity index (χ1) is 9.11. The summed E-state index contributed by atoms with van der Waals surface area (Å²) in [4.78, 5) is 17.5. The second-order valence-corrected chi connectivity index (χ2v) is 3.92. The number of nitrogens with two attached hydrogens (primary N) is 1. The second-order valence-electron chi connectivity index (χ2n) is 3.92. The van der Waals surface area contributed by atoms with Gasteiger partial charge >= 0.3 is 0 Å². The van der Waals surface area contributed by atoms with Crippen LogP contribution in [0.1, 0.15) is 10.5 Å². The summed E-state index contributed by atoms with van der Waals surface area (Å²) in [6, 6.07) is 8.95. The van der Waals surface area contributed by atoms with Crippen molar-refractivity contribution in [2.24, 2.45) is 5.84 Å². The van der Waals surface area contributed by atoms with Crippen molar-refractivity contribution < 1.29 is 9.18 Å². The van der Waals surface area contributed by atoms with Crippen molar-refractivity contribution in [3.8, 4) is 0 Å². The molecular weight excluding hydrogens is 247 g/mol. The van der Waals surface area contributed by atoms with Crippen LogP contribution in [0.25, 0.3) is 0 Å². The largest absolute Gasteiger partial charge is 0.324 e. The molecule has 0 spiro atoms. The standard InChI is InChI=1S/C13H13FN4O/c1-18(11-4-2-3-9(14)7-11)13(19)12-8-10(17-15)5-6-16-12/h2-8H,15H2,1H3,(H,16,17). The van der Waals surface area contributed by atoms with Gasteiger partial charge in [0.1, 0.15) is 11.5 Å². The fourth-order valence-corrected chi connectivity index (χ4v) is 1.61. The van der Waals surface area contributed by atoms with Gasteiger partial charge in [-0.15, -0.1) is 0 Å². The van der Waals surface area contributed by atoms with Crippen LogP contribution in [0.3, 0.4) is 0 Å². The van der Waals surface area contributed by atoms with Crippen LogP contribution in [-0.4, -0.2) is 17.9 Å². The van der Waals surface area contributed by atoms with Gasteiger partial charge in [0.15, 0.2) is 0 Å². The van der Waals surface area contributed by atoms with Crippen LogP contribution in [-0.2, 0) is 0 Å². The number of nitrogens with one attached hydrogen (secondary N) is 1. The van der Waals surface area contributed by atoms with Gasteiger partial charge in [0.2, 0.25) is 0 Å². The zero-order valence-electron chi connectivity index (χ0n) is 10.3. The molecule has 0 fully saturated rings. The number of hydrogen-bond donors (Lipinski definition) is 2. The zero-order valence-corrected chi connectivity index (χ0v) is 10.3. The van der Waals surface area contributed by atoms with Gasteiger partial charge in [-0.3, -0.25) is 15.6 Å². The Kier molecular flexibility index (Phi) is 3.72. The molecule has 0 saturated carbocycles. The first kappa shape index (κ1) is 13.0. The van der Waals surface area contributed by atoms with Crippen LogP contribution in [0.5, 0.6) is 0 Å². The number of benzene rings is 1. The number of amides is 1. The Balaban J connectivity index is 2.28. The number of nitrogen functional groups attached to an aromatic ring is 1. The SMILES string of the molecule is CN(C(=O)c1cc(NN)ccn1)c1cccc(F)c1. The maximum Gasteiger partial charge on any atom is 0.276 e. The zero-order chi connectivity index (χ0) is 13.8. The Morgan fingerprint density at radius 2 is 2.16 bits per heavy atom. The van der Waals surface area contributed by atoms with Crippen molar-refractivity contribution in [2.45, 2.75) is 0 Å². The topological polar surface area (TPSA) is 71.2 Å². The lowest BCUT2D eigenvalue weighted by Gasteiger charge is -2.17. The first-order valence-electron chi connectivity index (χ1n) is 5.58. The van der Waals surface area contributed by atoms with E-state index in [1.807, 2.05) is 0 Å². The molecule has 2 aromatic rings. The molecule has 2 rings (SSSR count). The average molecular weight is 260 g/mol. The molecule has 19 heavy (non-hydrogen) atoms. The van der Waals surface area contributed by atoms with E-state index in [-0.39, 0.29) is 11.6 Å². The molecule has 1 amide bonds. The van der Waals surface area contributed by atoms with E-state index in [9.17, 15) is 9.18 Å².